The lowest BCUT2D eigenvalue weighted by Gasteiger charge is -2.21. The molecule has 98 valence electrons. The first-order chi connectivity index (χ1) is 8.99. The summed E-state index contributed by atoms with van der Waals surface area (Å²) in [6, 6.07) is 11.3. The topological polar surface area (TPSA) is 20.3 Å². The minimum Gasteiger partial charge on any atom is -0.343 e. The third kappa shape index (κ3) is 2.93. The third-order valence-corrected chi connectivity index (χ3v) is 3.21. The number of nitrogens with zero attached hydrogens (tertiary/aromatic N) is 1. The molecule has 0 bridgehead atoms. The molecule has 2 aromatic rings. The van der Waals surface area contributed by atoms with Gasteiger partial charge in [0.25, 0.3) is 0 Å². The zero-order chi connectivity index (χ0) is 14.0. The van der Waals surface area contributed by atoms with Crippen molar-refractivity contribution in [3.05, 3.63) is 58.9 Å². The van der Waals surface area contributed by atoms with Crippen molar-refractivity contribution in [1.82, 2.24) is 0 Å². The summed E-state index contributed by atoms with van der Waals surface area (Å²) in [5.41, 5.74) is 1.97. The van der Waals surface area contributed by atoms with Crippen LogP contribution in [0.2, 0.25) is 5.02 Å². The van der Waals surface area contributed by atoms with Gasteiger partial charge in [-0.1, -0.05) is 17.7 Å². The quantitative estimate of drug-likeness (QED) is 0.773. The maximum absolute atomic E-state index is 13.2. The smallest absolute Gasteiger partial charge is 0.159 e. The maximum atomic E-state index is 13.2. The minimum absolute atomic E-state index is 0.0399. The van der Waals surface area contributed by atoms with Crippen molar-refractivity contribution in [2.75, 3.05) is 11.9 Å². The first-order valence-corrected chi connectivity index (χ1v) is 6.16. The van der Waals surface area contributed by atoms with Crippen LogP contribution >= 0.6 is 11.6 Å². The Labute approximate surface area is 116 Å². The van der Waals surface area contributed by atoms with Crippen LogP contribution in [0.3, 0.4) is 0 Å². The number of Topliss-reactive ketones (excluding diaryl/α,β-unsaturated/α-hetero) is 1. The van der Waals surface area contributed by atoms with E-state index in [1.807, 2.05) is 0 Å². The Morgan fingerprint density at radius 3 is 2.53 bits per heavy atom. The number of carbonyl (C=O) groups excluding carboxylic acids is 1. The van der Waals surface area contributed by atoms with Crippen LogP contribution in [-0.2, 0) is 0 Å². The molecule has 0 radical (unpaired) electrons. The van der Waals surface area contributed by atoms with Crippen LogP contribution in [0.5, 0.6) is 0 Å². The van der Waals surface area contributed by atoms with Crippen LogP contribution in [0, 0.1) is 5.82 Å². The predicted molar refractivity (Wildman–Crippen MR) is 75.9 cm³/mol. The van der Waals surface area contributed by atoms with Gasteiger partial charge in [0.15, 0.2) is 5.78 Å². The molecule has 0 unspecified atom stereocenters. The molecule has 0 saturated carbocycles. The Bertz CT molecular complexity index is 627. The van der Waals surface area contributed by atoms with Crippen molar-refractivity contribution < 1.29 is 9.18 Å². The molecule has 0 amide bonds. The highest BCUT2D eigenvalue weighted by Gasteiger charge is 2.10. The van der Waals surface area contributed by atoms with Crippen molar-refractivity contribution in [1.29, 1.82) is 0 Å². The summed E-state index contributed by atoms with van der Waals surface area (Å²) in [5, 5.41) is 0.458. The lowest BCUT2D eigenvalue weighted by molar-refractivity contribution is 0.101. The summed E-state index contributed by atoms with van der Waals surface area (Å²) >= 11 is 6.17. The molecule has 0 aliphatic rings. The van der Waals surface area contributed by atoms with Crippen molar-refractivity contribution in [2.45, 2.75) is 6.92 Å². The van der Waals surface area contributed by atoms with Gasteiger partial charge in [0.05, 0.1) is 10.7 Å². The molecule has 0 aliphatic heterocycles. The monoisotopic (exact) mass is 277 g/mol. The van der Waals surface area contributed by atoms with E-state index in [9.17, 15) is 9.18 Å². The van der Waals surface area contributed by atoms with Crippen LogP contribution in [0.1, 0.15) is 17.3 Å². The zero-order valence-corrected chi connectivity index (χ0v) is 11.4. The van der Waals surface area contributed by atoms with Crippen molar-refractivity contribution in [3.63, 3.8) is 0 Å². The van der Waals surface area contributed by atoms with Gasteiger partial charge in [-0.15, -0.1) is 0 Å². The van der Waals surface area contributed by atoms with Gasteiger partial charge in [-0.25, -0.2) is 4.39 Å². The average molecular weight is 278 g/mol. The van der Waals surface area contributed by atoms with Gasteiger partial charge in [-0.05, 0) is 43.3 Å². The fourth-order valence-electron chi connectivity index (χ4n) is 1.82. The van der Waals surface area contributed by atoms with E-state index in [0.717, 1.165) is 5.69 Å². The van der Waals surface area contributed by atoms with Gasteiger partial charge in [0, 0.05) is 18.3 Å². The molecule has 0 spiro atoms. The van der Waals surface area contributed by atoms with Gasteiger partial charge in [-0.3, -0.25) is 4.79 Å². The number of ketones is 1. The number of benzene rings is 2. The molecule has 2 aromatic carbocycles. The molecular weight excluding hydrogens is 265 g/mol. The summed E-state index contributed by atoms with van der Waals surface area (Å²) < 4.78 is 13.2. The summed E-state index contributed by atoms with van der Waals surface area (Å²) in [4.78, 5) is 13.0. The number of anilines is 2. The largest absolute Gasteiger partial charge is 0.343 e. The van der Waals surface area contributed by atoms with E-state index >= 15 is 0 Å². The number of hydrogen-bond donors (Lipinski definition) is 0. The van der Waals surface area contributed by atoms with Gasteiger partial charge in [-0.2, -0.15) is 0 Å². The van der Waals surface area contributed by atoms with Crippen LogP contribution in [0.4, 0.5) is 15.8 Å². The lowest BCUT2D eigenvalue weighted by Crippen LogP contribution is -2.10. The van der Waals surface area contributed by atoms with Gasteiger partial charge in [0.2, 0.25) is 0 Å². The molecule has 4 heteroatoms. The number of carbonyl (C=O) groups is 1. The average Bonchev–Trinajstić information content (AvgIpc) is 2.37. The Morgan fingerprint density at radius 2 is 1.95 bits per heavy atom. The van der Waals surface area contributed by atoms with E-state index in [1.165, 1.54) is 19.1 Å². The van der Waals surface area contributed by atoms with Crippen molar-refractivity contribution in [3.8, 4) is 0 Å². The molecule has 19 heavy (non-hydrogen) atoms. The molecular formula is C15H13ClFNO. The second-order valence-electron chi connectivity index (χ2n) is 4.26. The molecule has 0 aliphatic carbocycles. The minimum atomic E-state index is -0.305. The van der Waals surface area contributed by atoms with Crippen LogP contribution < -0.4 is 4.90 Å². The summed E-state index contributed by atoms with van der Waals surface area (Å²) in [7, 11) is 1.80. The summed E-state index contributed by atoms with van der Waals surface area (Å²) in [6.07, 6.45) is 0. The van der Waals surface area contributed by atoms with E-state index in [1.54, 1.807) is 42.3 Å². The Balaban J connectivity index is 2.39. The highest BCUT2D eigenvalue weighted by molar-refractivity contribution is 6.33. The first-order valence-electron chi connectivity index (χ1n) is 5.79. The predicted octanol–water partition coefficient (Wildman–Crippen LogP) is 4.45. The van der Waals surface area contributed by atoms with Crippen LogP contribution in [0.15, 0.2) is 42.5 Å². The van der Waals surface area contributed by atoms with E-state index in [2.05, 4.69) is 0 Å². The summed E-state index contributed by atoms with van der Waals surface area (Å²) in [6.45, 7) is 1.49. The Hall–Kier alpha value is -1.87. The van der Waals surface area contributed by atoms with Crippen LogP contribution in [-0.4, -0.2) is 12.8 Å². The number of hydrogen-bond acceptors (Lipinski definition) is 2. The fourth-order valence-corrected chi connectivity index (χ4v) is 2.13. The van der Waals surface area contributed by atoms with Gasteiger partial charge in [0.1, 0.15) is 5.82 Å². The van der Waals surface area contributed by atoms with E-state index < -0.39 is 0 Å². The second-order valence-corrected chi connectivity index (χ2v) is 4.67. The SMILES string of the molecule is CC(=O)c1ccc(N(C)c2cccc(F)c2)c(Cl)c1. The maximum Gasteiger partial charge on any atom is 0.159 e. The third-order valence-electron chi connectivity index (χ3n) is 2.91. The number of rotatable bonds is 3. The van der Waals surface area contributed by atoms with E-state index in [4.69, 9.17) is 11.6 Å². The van der Waals surface area contributed by atoms with Crippen LogP contribution in [0.25, 0.3) is 0 Å². The Kier molecular flexibility index (Phi) is 3.86. The van der Waals surface area contributed by atoms with E-state index in [0.29, 0.717) is 16.3 Å². The molecule has 0 atom stereocenters. The van der Waals surface area contributed by atoms with Crippen molar-refractivity contribution >= 4 is 28.8 Å². The number of halogens is 2. The zero-order valence-electron chi connectivity index (χ0n) is 10.7. The molecule has 2 rings (SSSR count). The molecule has 0 saturated heterocycles. The van der Waals surface area contributed by atoms with Gasteiger partial charge >= 0.3 is 0 Å². The van der Waals surface area contributed by atoms with Gasteiger partial charge < -0.3 is 4.90 Å². The first kappa shape index (κ1) is 13.6. The van der Waals surface area contributed by atoms with Crippen molar-refractivity contribution in [2.24, 2.45) is 0 Å². The molecule has 0 heterocycles. The second kappa shape index (κ2) is 5.41. The standard InChI is InChI=1S/C15H13ClFNO/c1-10(19)11-6-7-15(14(16)8-11)18(2)13-5-3-4-12(17)9-13/h3-9H,1-2H3. The normalized spacial score (nSPS) is 10.3. The summed E-state index contributed by atoms with van der Waals surface area (Å²) in [5.74, 6) is -0.345. The highest BCUT2D eigenvalue weighted by atomic mass is 35.5. The fraction of sp³-hybridized carbons (Fsp3) is 0.133. The molecule has 0 N–H and O–H groups in total. The molecule has 0 fully saturated rings. The molecule has 0 aromatic heterocycles. The molecule has 2 nitrogen and oxygen atoms in total. The lowest BCUT2D eigenvalue weighted by atomic mass is 10.1. The highest BCUT2D eigenvalue weighted by Crippen LogP contribution is 2.31. The Morgan fingerprint density at radius 1 is 1.21 bits per heavy atom. The van der Waals surface area contributed by atoms with E-state index in [-0.39, 0.29) is 11.6 Å².